The molecule has 1 fully saturated rings. The van der Waals surface area contributed by atoms with Crippen molar-refractivity contribution in [1.29, 1.82) is 0 Å². The Labute approximate surface area is 103 Å². The van der Waals surface area contributed by atoms with E-state index in [-0.39, 0.29) is 18.1 Å². The van der Waals surface area contributed by atoms with Crippen LogP contribution in [-0.2, 0) is 4.79 Å². The smallest absolute Gasteiger partial charge is 0.241 e. The number of hydrogen-bond acceptors (Lipinski definition) is 2. The first-order valence-corrected chi connectivity index (χ1v) is 6.14. The summed E-state index contributed by atoms with van der Waals surface area (Å²) in [5.41, 5.74) is 3.66. The van der Waals surface area contributed by atoms with Gasteiger partial charge in [0.05, 0.1) is 6.04 Å². The molecule has 1 heterocycles. The van der Waals surface area contributed by atoms with Crippen molar-refractivity contribution in [2.75, 3.05) is 7.05 Å². The van der Waals surface area contributed by atoms with Gasteiger partial charge in [0.15, 0.2) is 0 Å². The SMILES string of the molecule is CCC1NC(c2cc(C)ccc2C)N(C)C1=O. The van der Waals surface area contributed by atoms with Crippen LogP contribution in [0.25, 0.3) is 0 Å². The average molecular weight is 232 g/mol. The van der Waals surface area contributed by atoms with Gasteiger partial charge in [-0.1, -0.05) is 30.7 Å². The van der Waals surface area contributed by atoms with Gasteiger partial charge in [0.25, 0.3) is 0 Å². The van der Waals surface area contributed by atoms with Crippen LogP contribution in [0.1, 0.15) is 36.2 Å². The van der Waals surface area contributed by atoms with Crippen molar-refractivity contribution in [3.05, 3.63) is 34.9 Å². The van der Waals surface area contributed by atoms with E-state index < -0.39 is 0 Å². The maximum atomic E-state index is 12.0. The van der Waals surface area contributed by atoms with E-state index in [1.54, 1.807) is 0 Å². The van der Waals surface area contributed by atoms with E-state index in [9.17, 15) is 4.79 Å². The first-order valence-electron chi connectivity index (χ1n) is 6.14. The van der Waals surface area contributed by atoms with Gasteiger partial charge < -0.3 is 4.90 Å². The Morgan fingerprint density at radius 3 is 2.65 bits per heavy atom. The van der Waals surface area contributed by atoms with Crippen LogP contribution in [0.3, 0.4) is 0 Å². The average Bonchev–Trinajstić information content (AvgIpc) is 2.59. The zero-order chi connectivity index (χ0) is 12.6. The number of benzene rings is 1. The molecule has 3 nitrogen and oxygen atoms in total. The van der Waals surface area contributed by atoms with E-state index in [2.05, 4.69) is 37.4 Å². The van der Waals surface area contributed by atoms with Gasteiger partial charge in [-0.15, -0.1) is 0 Å². The third-order valence-corrected chi connectivity index (χ3v) is 3.53. The molecule has 1 saturated heterocycles. The lowest BCUT2D eigenvalue weighted by Crippen LogP contribution is -2.27. The van der Waals surface area contributed by atoms with Gasteiger partial charge in [-0.2, -0.15) is 0 Å². The Hall–Kier alpha value is -1.35. The third-order valence-electron chi connectivity index (χ3n) is 3.53. The lowest BCUT2D eigenvalue weighted by Gasteiger charge is -2.22. The number of nitrogens with zero attached hydrogens (tertiary/aromatic N) is 1. The molecule has 1 aromatic carbocycles. The van der Waals surface area contributed by atoms with Crippen molar-refractivity contribution in [2.24, 2.45) is 0 Å². The van der Waals surface area contributed by atoms with Crippen LogP contribution in [-0.4, -0.2) is 23.9 Å². The number of hydrogen-bond donors (Lipinski definition) is 1. The summed E-state index contributed by atoms with van der Waals surface area (Å²) in [6.45, 7) is 6.21. The molecule has 1 aliphatic heterocycles. The van der Waals surface area contributed by atoms with E-state index in [0.29, 0.717) is 0 Å². The Morgan fingerprint density at radius 1 is 1.35 bits per heavy atom. The highest BCUT2D eigenvalue weighted by molar-refractivity contribution is 5.84. The molecule has 0 aliphatic carbocycles. The second-order valence-corrected chi connectivity index (χ2v) is 4.84. The maximum Gasteiger partial charge on any atom is 0.241 e. The molecule has 1 N–H and O–H groups in total. The molecule has 0 aromatic heterocycles. The first-order chi connectivity index (χ1) is 8.04. The molecular formula is C14H20N2O. The van der Waals surface area contributed by atoms with Crippen molar-refractivity contribution >= 4 is 5.91 Å². The summed E-state index contributed by atoms with van der Waals surface area (Å²) in [7, 11) is 1.87. The van der Waals surface area contributed by atoms with Crippen LogP contribution >= 0.6 is 0 Å². The third kappa shape index (κ3) is 2.07. The topological polar surface area (TPSA) is 32.3 Å². The highest BCUT2D eigenvalue weighted by Gasteiger charge is 2.36. The van der Waals surface area contributed by atoms with Gasteiger partial charge in [-0.05, 0) is 31.4 Å². The number of rotatable bonds is 2. The molecule has 2 atom stereocenters. The monoisotopic (exact) mass is 232 g/mol. The first kappa shape index (κ1) is 12.1. The second kappa shape index (κ2) is 4.49. The predicted molar refractivity (Wildman–Crippen MR) is 68.6 cm³/mol. The molecular weight excluding hydrogens is 212 g/mol. The number of likely N-dealkylation sites (N-methyl/N-ethyl adjacent to an activating group) is 1. The molecule has 2 rings (SSSR count). The number of carbonyl (C=O) groups excluding carboxylic acids is 1. The zero-order valence-corrected chi connectivity index (χ0v) is 10.9. The summed E-state index contributed by atoms with van der Waals surface area (Å²) in [6, 6.07) is 6.34. The van der Waals surface area contributed by atoms with Gasteiger partial charge in [-0.25, -0.2) is 0 Å². The molecule has 1 aromatic rings. The highest BCUT2D eigenvalue weighted by atomic mass is 16.2. The fraction of sp³-hybridized carbons (Fsp3) is 0.500. The van der Waals surface area contributed by atoms with E-state index >= 15 is 0 Å². The van der Waals surface area contributed by atoms with Gasteiger partial charge in [0.1, 0.15) is 6.17 Å². The quantitative estimate of drug-likeness (QED) is 0.847. The van der Waals surface area contributed by atoms with E-state index in [0.717, 1.165) is 6.42 Å². The van der Waals surface area contributed by atoms with E-state index in [4.69, 9.17) is 0 Å². The van der Waals surface area contributed by atoms with E-state index in [1.807, 2.05) is 18.9 Å². The minimum absolute atomic E-state index is 0.0207. The second-order valence-electron chi connectivity index (χ2n) is 4.84. The Kier molecular flexibility index (Phi) is 3.20. The Balaban J connectivity index is 2.35. The standard InChI is InChI=1S/C14H20N2O/c1-5-12-14(17)16(4)13(15-12)11-8-9(2)6-7-10(11)3/h6-8,12-13,15H,5H2,1-4H3. The van der Waals surface area contributed by atoms with Crippen LogP contribution in [0.4, 0.5) is 0 Å². The number of amides is 1. The number of aryl methyl sites for hydroxylation is 2. The van der Waals surface area contributed by atoms with Crippen LogP contribution < -0.4 is 5.32 Å². The van der Waals surface area contributed by atoms with Gasteiger partial charge in [0.2, 0.25) is 5.91 Å². The molecule has 17 heavy (non-hydrogen) atoms. The molecule has 92 valence electrons. The van der Waals surface area contributed by atoms with Crippen molar-refractivity contribution in [1.82, 2.24) is 10.2 Å². The number of nitrogens with one attached hydrogen (secondary N) is 1. The lowest BCUT2D eigenvalue weighted by molar-refractivity contribution is -0.128. The van der Waals surface area contributed by atoms with Crippen molar-refractivity contribution in [3.8, 4) is 0 Å². The van der Waals surface area contributed by atoms with E-state index in [1.165, 1.54) is 16.7 Å². The minimum atomic E-state index is -0.0371. The Bertz CT molecular complexity index is 442. The van der Waals surface area contributed by atoms with Gasteiger partial charge >= 0.3 is 0 Å². The lowest BCUT2D eigenvalue weighted by atomic mass is 10.0. The summed E-state index contributed by atoms with van der Waals surface area (Å²) in [4.78, 5) is 13.8. The normalized spacial score (nSPS) is 24.5. The van der Waals surface area contributed by atoms with Crippen molar-refractivity contribution < 1.29 is 4.79 Å². The van der Waals surface area contributed by atoms with Gasteiger partial charge in [0, 0.05) is 7.05 Å². The van der Waals surface area contributed by atoms with Crippen molar-refractivity contribution in [2.45, 2.75) is 39.4 Å². The molecule has 2 unspecified atom stereocenters. The summed E-state index contributed by atoms with van der Waals surface area (Å²) in [6.07, 6.45) is 0.859. The molecule has 0 bridgehead atoms. The molecule has 0 saturated carbocycles. The molecule has 3 heteroatoms. The molecule has 0 radical (unpaired) electrons. The highest BCUT2D eigenvalue weighted by Crippen LogP contribution is 2.27. The summed E-state index contributed by atoms with van der Waals surface area (Å²) in [5.74, 6) is 0.193. The van der Waals surface area contributed by atoms with Gasteiger partial charge in [-0.3, -0.25) is 10.1 Å². The fourth-order valence-corrected chi connectivity index (χ4v) is 2.39. The van der Waals surface area contributed by atoms with Crippen LogP contribution in [0.2, 0.25) is 0 Å². The minimum Gasteiger partial charge on any atom is -0.325 e. The van der Waals surface area contributed by atoms with Crippen LogP contribution in [0.15, 0.2) is 18.2 Å². The Morgan fingerprint density at radius 2 is 2.06 bits per heavy atom. The van der Waals surface area contributed by atoms with Crippen LogP contribution in [0, 0.1) is 13.8 Å². The fourth-order valence-electron chi connectivity index (χ4n) is 2.39. The maximum absolute atomic E-state index is 12.0. The summed E-state index contributed by atoms with van der Waals surface area (Å²) in [5, 5.41) is 3.40. The zero-order valence-electron chi connectivity index (χ0n) is 10.9. The molecule has 0 spiro atoms. The summed E-state index contributed by atoms with van der Waals surface area (Å²) < 4.78 is 0. The number of carbonyl (C=O) groups is 1. The largest absolute Gasteiger partial charge is 0.325 e. The molecule has 1 aliphatic rings. The summed E-state index contributed by atoms with van der Waals surface area (Å²) >= 11 is 0. The molecule has 1 amide bonds. The van der Waals surface area contributed by atoms with Crippen LogP contribution in [0.5, 0.6) is 0 Å². The predicted octanol–water partition coefficient (Wildman–Crippen LogP) is 2.14. The van der Waals surface area contributed by atoms with Crippen molar-refractivity contribution in [3.63, 3.8) is 0 Å².